The highest BCUT2D eigenvalue weighted by Crippen LogP contribution is 2.23. The summed E-state index contributed by atoms with van der Waals surface area (Å²) in [7, 11) is 0. The minimum atomic E-state index is -0.333. The maximum Gasteiger partial charge on any atom is 0.231 e. The molecular weight excluding hydrogens is 300 g/mol. The average molecular weight is 316 g/mol. The van der Waals surface area contributed by atoms with Gasteiger partial charge < -0.3 is 10.2 Å². The van der Waals surface area contributed by atoms with Gasteiger partial charge in [0, 0.05) is 30.2 Å². The van der Waals surface area contributed by atoms with E-state index in [0.717, 1.165) is 10.6 Å². The second-order valence-corrected chi connectivity index (χ2v) is 6.50. The average Bonchev–Trinajstić information content (AvgIpc) is 3.07. The topological polar surface area (TPSA) is 75.2 Å². The number of likely N-dealkylation sites (tertiary alicyclic amines) is 1. The van der Waals surface area contributed by atoms with Gasteiger partial charge in [-0.2, -0.15) is 0 Å². The first-order chi connectivity index (χ1) is 10.6. The molecule has 6 nitrogen and oxygen atoms in total. The summed E-state index contributed by atoms with van der Waals surface area (Å²) in [5.41, 5.74) is 0.826. The molecule has 1 atom stereocenters. The molecule has 7 heteroatoms. The van der Waals surface area contributed by atoms with Crippen molar-refractivity contribution in [2.24, 2.45) is 5.92 Å². The molecule has 0 aliphatic carbocycles. The number of pyridine rings is 1. The third kappa shape index (κ3) is 3.30. The maximum atomic E-state index is 12.2. The molecule has 0 radical (unpaired) electrons. The number of nitrogens with zero attached hydrogens (tertiary/aromatic N) is 3. The van der Waals surface area contributed by atoms with Gasteiger partial charge in [-0.3, -0.25) is 14.6 Å². The Kier molecular flexibility index (Phi) is 4.15. The second-order valence-electron chi connectivity index (χ2n) is 5.26. The van der Waals surface area contributed by atoms with Crippen molar-refractivity contribution in [2.45, 2.75) is 19.9 Å². The number of aryl methyl sites for hydroxylation is 1. The van der Waals surface area contributed by atoms with Crippen molar-refractivity contribution in [1.29, 1.82) is 0 Å². The van der Waals surface area contributed by atoms with Crippen molar-refractivity contribution < 1.29 is 9.59 Å². The highest BCUT2D eigenvalue weighted by Gasteiger charge is 2.34. The number of hydrogen-bond acceptors (Lipinski definition) is 5. The Labute approximate surface area is 132 Å². The maximum absolute atomic E-state index is 12.2. The molecule has 22 heavy (non-hydrogen) atoms. The van der Waals surface area contributed by atoms with E-state index in [2.05, 4.69) is 15.3 Å². The molecule has 0 bridgehead atoms. The summed E-state index contributed by atoms with van der Waals surface area (Å²) in [5, 5.41) is 3.37. The Morgan fingerprint density at radius 1 is 1.45 bits per heavy atom. The first-order valence-corrected chi connectivity index (χ1v) is 7.84. The van der Waals surface area contributed by atoms with Crippen molar-refractivity contribution in [3.63, 3.8) is 0 Å². The Bertz CT molecular complexity index is 686. The van der Waals surface area contributed by atoms with Crippen LogP contribution in [0.3, 0.4) is 0 Å². The standard InChI is InChI=1S/C15H16N4O2S/c1-10-7-17-15(22-10)18-14(21)11-6-13(20)19(8-11)9-12-4-2-3-5-16-12/h2-5,7,11H,6,8-9H2,1H3,(H,17,18,21)/t11-/m0/s1. The van der Waals surface area contributed by atoms with Crippen LogP contribution in [0, 0.1) is 12.8 Å². The number of anilines is 1. The molecule has 0 unspecified atom stereocenters. The first-order valence-electron chi connectivity index (χ1n) is 7.03. The quantitative estimate of drug-likeness (QED) is 0.934. The van der Waals surface area contributed by atoms with Gasteiger partial charge in [0.1, 0.15) is 0 Å². The molecule has 2 aromatic heterocycles. The number of amides is 2. The zero-order chi connectivity index (χ0) is 15.5. The lowest BCUT2D eigenvalue weighted by Crippen LogP contribution is -2.28. The van der Waals surface area contributed by atoms with Gasteiger partial charge in [-0.15, -0.1) is 11.3 Å². The van der Waals surface area contributed by atoms with E-state index in [4.69, 9.17) is 0 Å². The number of carbonyl (C=O) groups excluding carboxylic acids is 2. The SMILES string of the molecule is Cc1cnc(NC(=O)[C@H]2CC(=O)N(Cc3ccccn3)C2)s1. The molecule has 1 aliphatic rings. The largest absolute Gasteiger partial charge is 0.336 e. The van der Waals surface area contributed by atoms with Gasteiger partial charge in [0.25, 0.3) is 0 Å². The van der Waals surface area contributed by atoms with Crippen LogP contribution < -0.4 is 5.32 Å². The number of aromatic nitrogens is 2. The van der Waals surface area contributed by atoms with Crippen molar-refractivity contribution >= 4 is 28.3 Å². The summed E-state index contributed by atoms with van der Waals surface area (Å²) in [6.07, 6.45) is 3.65. The normalized spacial score (nSPS) is 17.8. The lowest BCUT2D eigenvalue weighted by atomic mass is 10.1. The van der Waals surface area contributed by atoms with Crippen LogP contribution in [-0.4, -0.2) is 33.2 Å². The van der Waals surface area contributed by atoms with Gasteiger partial charge >= 0.3 is 0 Å². The molecule has 1 aliphatic heterocycles. The molecule has 2 aromatic rings. The Balaban J connectivity index is 1.60. The molecule has 2 amide bonds. The number of thiazole rings is 1. The summed E-state index contributed by atoms with van der Waals surface area (Å²) in [6.45, 7) is 2.80. The van der Waals surface area contributed by atoms with Crippen LogP contribution in [0.15, 0.2) is 30.6 Å². The highest BCUT2D eigenvalue weighted by molar-refractivity contribution is 7.15. The van der Waals surface area contributed by atoms with Crippen LogP contribution in [0.4, 0.5) is 5.13 Å². The van der Waals surface area contributed by atoms with Gasteiger partial charge in [0.2, 0.25) is 11.8 Å². The summed E-state index contributed by atoms with van der Waals surface area (Å²) in [5.74, 6) is -0.493. The molecule has 114 valence electrons. The number of rotatable bonds is 4. The lowest BCUT2D eigenvalue weighted by molar-refractivity contribution is -0.128. The molecule has 0 aromatic carbocycles. The van der Waals surface area contributed by atoms with E-state index in [1.165, 1.54) is 11.3 Å². The number of hydrogen-bond donors (Lipinski definition) is 1. The summed E-state index contributed by atoms with van der Waals surface area (Å²) in [4.78, 5) is 35.3. The van der Waals surface area contributed by atoms with Crippen LogP contribution >= 0.6 is 11.3 Å². The van der Waals surface area contributed by atoms with Crippen molar-refractivity contribution in [3.8, 4) is 0 Å². The number of nitrogens with one attached hydrogen (secondary N) is 1. The van der Waals surface area contributed by atoms with E-state index in [1.54, 1.807) is 17.3 Å². The van der Waals surface area contributed by atoms with E-state index < -0.39 is 0 Å². The molecule has 0 saturated carbocycles. The summed E-state index contributed by atoms with van der Waals surface area (Å²) in [6, 6.07) is 5.60. The number of carbonyl (C=O) groups is 2. The van der Waals surface area contributed by atoms with E-state index in [1.807, 2.05) is 25.1 Å². The predicted molar refractivity (Wildman–Crippen MR) is 83.2 cm³/mol. The highest BCUT2D eigenvalue weighted by atomic mass is 32.1. The predicted octanol–water partition coefficient (Wildman–Crippen LogP) is 1.83. The minimum Gasteiger partial charge on any atom is -0.336 e. The molecule has 1 saturated heterocycles. The lowest BCUT2D eigenvalue weighted by Gasteiger charge is -2.15. The van der Waals surface area contributed by atoms with Crippen molar-refractivity contribution in [2.75, 3.05) is 11.9 Å². The van der Waals surface area contributed by atoms with Crippen molar-refractivity contribution in [3.05, 3.63) is 41.2 Å². The van der Waals surface area contributed by atoms with Gasteiger partial charge in [-0.1, -0.05) is 6.07 Å². The molecule has 1 fully saturated rings. The van der Waals surface area contributed by atoms with Gasteiger partial charge in [0.05, 0.1) is 18.2 Å². The van der Waals surface area contributed by atoms with Crippen LogP contribution in [0.25, 0.3) is 0 Å². The summed E-state index contributed by atoms with van der Waals surface area (Å²) < 4.78 is 0. The summed E-state index contributed by atoms with van der Waals surface area (Å²) >= 11 is 1.43. The van der Waals surface area contributed by atoms with E-state index >= 15 is 0 Å². The molecule has 0 spiro atoms. The smallest absolute Gasteiger partial charge is 0.231 e. The zero-order valence-electron chi connectivity index (χ0n) is 12.2. The van der Waals surface area contributed by atoms with Crippen molar-refractivity contribution in [1.82, 2.24) is 14.9 Å². The minimum absolute atomic E-state index is 0.0128. The third-order valence-electron chi connectivity index (χ3n) is 3.52. The van der Waals surface area contributed by atoms with Gasteiger partial charge in [-0.05, 0) is 19.1 Å². The molecule has 3 rings (SSSR count). The third-order valence-corrected chi connectivity index (χ3v) is 4.34. The van der Waals surface area contributed by atoms with E-state index in [0.29, 0.717) is 18.2 Å². The fourth-order valence-corrected chi connectivity index (χ4v) is 3.08. The van der Waals surface area contributed by atoms with E-state index in [-0.39, 0.29) is 24.2 Å². The Morgan fingerprint density at radius 2 is 2.32 bits per heavy atom. The molecule has 3 heterocycles. The van der Waals surface area contributed by atoms with Crippen LogP contribution in [0.1, 0.15) is 17.0 Å². The fourth-order valence-electron chi connectivity index (χ4n) is 2.41. The van der Waals surface area contributed by atoms with Gasteiger partial charge in [0.15, 0.2) is 5.13 Å². The van der Waals surface area contributed by atoms with Crippen LogP contribution in [-0.2, 0) is 16.1 Å². The second kappa shape index (κ2) is 6.23. The molecular formula is C15H16N4O2S. The van der Waals surface area contributed by atoms with Gasteiger partial charge in [-0.25, -0.2) is 4.98 Å². The van der Waals surface area contributed by atoms with Crippen LogP contribution in [0.5, 0.6) is 0 Å². The van der Waals surface area contributed by atoms with Crippen LogP contribution in [0.2, 0.25) is 0 Å². The van der Waals surface area contributed by atoms with E-state index in [9.17, 15) is 9.59 Å². The Hall–Kier alpha value is -2.28. The zero-order valence-corrected chi connectivity index (χ0v) is 13.0. The first kappa shape index (κ1) is 14.6. The Morgan fingerprint density at radius 3 is 3.00 bits per heavy atom. The molecule has 1 N–H and O–H groups in total. The fraction of sp³-hybridized carbons (Fsp3) is 0.333. The monoisotopic (exact) mass is 316 g/mol.